The number of hydrogen-bond donors (Lipinski definition) is 0. The van der Waals surface area contributed by atoms with E-state index in [1.165, 1.54) is 0 Å². The molecule has 0 saturated carbocycles. The lowest BCUT2D eigenvalue weighted by molar-refractivity contribution is -0.138. The van der Waals surface area contributed by atoms with E-state index in [-0.39, 0.29) is 17.4 Å². The summed E-state index contributed by atoms with van der Waals surface area (Å²) in [4.78, 5) is 19.3. The summed E-state index contributed by atoms with van der Waals surface area (Å²) in [6.07, 6.45) is 3.55. The Balaban J connectivity index is 1.87. The van der Waals surface area contributed by atoms with E-state index >= 15 is 0 Å². The van der Waals surface area contributed by atoms with Crippen molar-refractivity contribution in [2.24, 2.45) is 0 Å². The van der Waals surface area contributed by atoms with Gasteiger partial charge in [-0.05, 0) is 38.5 Å². The molecule has 1 aromatic carbocycles. The normalized spacial score (nSPS) is 16.6. The average Bonchev–Trinajstić information content (AvgIpc) is 2.96. The molecule has 0 aliphatic carbocycles. The molecule has 3 rings (SSSR count). The number of carbonyl (C=O) groups is 1. The Hall–Kier alpha value is -2.36. The van der Waals surface area contributed by atoms with Crippen molar-refractivity contribution in [3.8, 4) is 5.75 Å². The Kier molecular flexibility index (Phi) is 4.07. The number of hydrogen-bond acceptors (Lipinski definition) is 3. The summed E-state index contributed by atoms with van der Waals surface area (Å²) < 4.78 is 5.69. The SMILES string of the molecule is CC(C)(C)N(Cc1cccnc1)C(=O)C1COc2ccccc21. The van der Waals surface area contributed by atoms with E-state index in [0.717, 1.165) is 16.9 Å². The molecule has 1 aromatic heterocycles. The van der Waals surface area contributed by atoms with Crippen LogP contribution in [0.5, 0.6) is 5.75 Å². The van der Waals surface area contributed by atoms with Crippen molar-refractivity contribution in [1.82, 2.24) is 9.88 Å². The van der Waals surface area contributed by atoms with Crippen molar-refractivity contribution in [3.63, 3.8) is 0 Å². The second-order valence-corrected chi connectivity index (χ2v) is 6.86. The maximum Gasteiger partial charge on any atom is 0.234 e. The van der Waals surface area contributed by atoms with Gasteiger partial charge in [0.1, 0.15) is 18.3 Å². The maximum absolute atomic E-state index is 13.2. The second kappa shape index (κ2) is 6.03. The standard InChI is InChI=1S/C19H22N2O2/c1-19(2,3)21(12-14-7-6-10-20-11-14)18(22)16-13-23-17-9-5-4-8-15(16)17/h4-11,16H,12-13H2,1-3H3. The minimum atomic E-state index is -0.273. The smallest absolute Gasteiger partial charge is 0.234 e. The van der Waals surface area contributed by atoms with Gasteiger partial charge in [0.05, 0.1) is 0 Å². The maximum atomic E-state index is 13.2. The van der Waals surface area contributed by atoms with E-state index in [9.17, 15) is 4.79 Å². The second-order valence-electron chi connectivity index (χ2n) is 6.86. The van der Waals surface area contributed by atoms with Crippen LogP contribution in [0.2, 0.25) is 0 Å². The zero-order valence-electron chi connectivity index (χ0n) is 13.8. The van der Waals surface area contributed by atoms with Crippen LogP contribution < -0.4 is 4.74 Å². The monoisotopic (exact) mass is 310 g/mol. The summed E-state index contributed by atoms with van der Waals surface area (Å²) in [5, 5.41) is 0. The van der Waals surface area contributed by atoms with Crippen molar-refractivity contribution in [2.75, 3.05) is 6.61 Å². The van der Waals surface area contributed by atoms with Gasteiger partial charge in [-0.25, -0.2) is 0 Å². The molecule has 1 unspecified atom stereocenters. The molecule has 0 radical (unpaired) electrons. The van der Waals surface area contributed by atoms with Crippen LogP contribution in [0, 0.1) is 0 Å². The Bertz CT molecular complexity index is 692. The molecule has 0 spiro atoms. The molecule has 2 heterocycles. The lowest BCUT2D eigenvalue weighted by atomic mass is 9.96. The van der Waals surface area contributed by atoms with Crippen molar-refractivity contribution in [2.45, 2.75) is 38.8 Å². The quantitative estimate of drug-likeness (QED) is 0.873. The van der Waals surface area contributed by atoms with Gasteiger partial charge in [0.2, 0.25) is 5.91 Å². The highest BCUT2D eigenvalue weighted by atomic mass is 16.5. The van der Waals surface area contributed by atoms with Crippen LogP contribution in [-0.2, 0) is 11.3 Å². The van der Waals surface area contributed by atoms with Gasteiger partial charge in [0, 0.05) is 30.0 Å². The minimum absolute atomic E-state index is 0.103. The van der Waals surface area contributed by atoms with Crippen molar-refractivity contribution in [1.29, 1.82) is 0 Å². The summed E-state index contributed by atoms with van der Waals surface area (Å²) >= 11 is 0. The molecular weight excluding hydrogens is 288 g/mol. The highest BCUT2D eigenvalue weighted by molar-refractivity contribution is 5.86. The average molecular weight is 310 g/mol. The van der Waals surface area contributed by atoms with Crippen LogP contribution in [0.1, 0.15) is 37.8 Å². The van der Waals surface area contributed by atoms with Gasteiger partial charge < -0.3 is 9.64 Å². The number of benzene rings is 1. The Morgan fingerprint density at radius 2 is 2.04 bits per heavy atom. The zero-order valence-corrected chi connectivity index (χ0v) is 13.8. The first kappa shape index (κ1) is 15.5. The van der Waals surface area contributed by atoms with Crippen molar-refractivity contribution in [3.05, 3.63) is 59.9 Å². The molecule has 1 aliphatic rings. The first-order valence-corrected chi connectivity index (χ1v) is 7.89. The summed E-state index contributed by atoms with van der Waals surface area (Å²) in [5.41, 5.74) is 1.74. The minimum Gasteiger partial charge on any atom is -0.492 e. The Morgan fingerprint density at radius 3 is 2.74 bits per heavy atom. The van der Waals surface area contributed by atoms with E-state index in [2.05, 4.69) is 25.8 Å². The number of ether oxygens (including phenoxy) is 1. The molecule has 1 atom stereocenters. The lowest BCUT2D eigenvalue weighted by Gasteiger charge is -2.37. The third-order valence-electron chi connectivity index (χ3n) is 4.14. The first-order chi connectivity index (χ1) is 11.0. The van der Waals surface area contributed by atoms with E-state index in [4.69, 9.17) is 4.74 Å². The number of para-hydroxylation sites is 1. The topological polar surface area (TPSA) is 42.4 Å². The fourth-order valence-corrected chi connectivity index (χ4v) is 2.88. The Morgan fingerprint density at radius 1 is 1.26 bits per heavy atom. The number of carbonyl (C=O) groups excluding carboxylic acids is 1. The number of nitrogens with zero attached hydrogens (tertiary/aromatic N) is 2. The van der Waals surface area contributed by atoms with E-state index < -0.39 is 0 Å². The summed E-state index contributed by atoms with van der Waals surface area (Å²) in [6, 6.07) is 11.7. The van der Waals surface area contributed by atoms with E-state index in [0.29, 0.717) is 13.2 Å². The number of pyridine rings is 1. The zero-order chi connectivity index (χ0) is 16.4. The van der Waals surface area contributed by atoms with Gasteiger partial charge in [-0.2, -0.15) is 0 Å². The molecule has 4 heteroatoms. The number of fused-ring (bicyclic) bond motifs is 1. The van der Waals surface area contributed by atoms with E-state index in [1.54, 1.807) is 6.20 Å². The molecule has 1 amide bonds. The summed E-state index contributed by atoms with van der Waals surface area (Å²) in [5.74, 6) is 0.689. The predicted molar refractivity (Wildman–Crippen MR) is 89.2 cm³/mol. The van der Waals surface area contributed by atoms with Crippen LogP contribution in [0.3, 0.4) is 0 Å². The fraction of sp³-hybridized carbons (Fsp3) is 0.368. The molecule has 4 nitrogen and oxygen atoms in total. The van der Waals surface area contributed by atoms with Crippen LogP contribution in [0.25, 0.3) is 0 Å². The van der Waals surface area contributed by atoms with E-state index in [1.807, 2.05) is 47.5 Å². The molecular formula is C19H22N2O2. The third-order valence-corrected chi connectivity index (χ3v) is 4.14. The van der Waals surface area contributed by atoms with Gasteiger partial charge in [-0.3, -0.25) is 9.78 Å². The van der Waals surface area contributed by atoms with Gasteiger partial charge >= 0.3 is 0 Å². The highest BCUT2D eigenvalue weighted by Gasteiger charge is 2.37. The van der Waals surface area contributed by atoms with Crippen molar-refractivity contribution >= 4 is 5.91 Å². The molecule has 23 heavy (non-hydrogen) atoms. The predicted octanol–water partition coefficient (Wildman–Crippen LogP) is 3.38. The fourth-order valence-electron chi connectivity index (χ4n) is 2.88. The molecule has 2 aromatic rings. The molecule has 0 fully saturated rings. The molecule has 0 N–H and O–H groups in total. The molecule has 0 bridgehead atoms. The van der Waals surface area contributed by atoms with Crippen LogP contribution in [0.4, 0.5) is 0 Å². The number of rotatable bonds is 3. The highest BCUT2D eigenvalue weighted by Crippen LogP contribution is 2.36. The van der Waals surface area contributed by atoms with Gasteiger partial charge in [0.25, 0.3) is 0 Å². The van der Waals surface area contributed by atoms with Crippen LogP contribution >= 0.6 is 0 Å². The van der Waals surface area contributed by atoms with Gasteiger partial charge in [-0.15, -0.1) is 0 Å². The summed E-state index contributed by atoms with van der Waals surface area (Å²) in [7, 11) is 0. The van der Waals surface area contributed by atoms with Crippen LogP contribution in [-0.4, -0.2) is 27.9 Å². The van der Waals surface area contributed by atoms with Gasteiger partial charge in [0.15, 0.2) is 0 Å². The molecule has 120 valence electrons. The summed E-state index contributed by atoms with van der Waals surface area (Å²) in [6.45, 7) is 7.14. The van der Waals surface area contributed by atoms with Crippen molar-refractivity contribution < 1.29 is 9.53 Å². The molecule has 0 saturated heterocycles. The Labute approximate surface area is 137 Å². The largest absolute Gasteiger partial charge is 0.492 e. The number of amides is 1. The number of aromatic nitrogens is 1. The van der Waals surface area contributed by atoms with Crippen LogP contribution in [0.15, 0.2) is 48.8 Å². The lowest BCUT2D eigenvalue weighted by Crippen LogP contribution is -2.47. The van der Waals surface area contributed by atoms with Gasteiger partial charge in [-0.1, -0.05) is 24.3 Å². The third kappa shape index (κ3) is 3.21. The molecule has 1 aliphatic heterocycles. The first-order valence-electron chi connectivity index (χ1n) is 7.89.